The average molecular weight is 407 g/mol. The lowest BCUT2D eigenvalue weighted by molar-refractivity contribution is 0.386. The fourth-order valence-electron chi connectivity index (χ4n) is 3.00. The molecule has 2 heterocycles. The summed E-state index contributed by atoms with van der Waals surface area (Å²) in [5.41, 5.74) is 2.18. The molecule has 0 aliphatic carbocycles. The number of hydrogen-bond acceptors (Lipinski definition) is 5. The highest BCUT2D eigenvalue weighted by atomic mass is 32.2. The number of thioether (sulfide) groups is 1. The third kappa shape index (κ3) is 3.86. The number of rotatable bonds is 5. The number of pyridine rings is 1. The van der Waals surface area contributed by atoms with Crippen molar-refractivity contribution in [2.24, 2.45) is 0 Å². The van der Waals surface area contributed by atoms with E-state index in [1.165, 1.54) is 29.5 Å². The quantitative estimate of drug-likeness (QED) is 0.359. The molecular formula is C22H18FN3O2S. The maximum atomic E-state index is 14.0. The van der Waals surface area contributed by atoms with Crippen molar-refractivity contribution >= 4 is 22.7 Å². The van der Waals surface area contributed by atoms with Crippen molar-refractivity contribution in [1.82, 2.24) is 14.5 Å². The molecule has 29 heavy (non-hydrogen) atoms. The van der Waals surface area contributed by atoms with E-state index in [0.717, 1.165) is 11.1 Å². The van der Waals surface area contributed by atoms with Crippen molar-refractivity contribution in [2.45, 2.75) is 17.8 Å². The fourth-order valence-corrected chi connectivity index (χ4v) is 3.95. The van der Waals surface area contributed by atoms with E-state index in [0.29, 0.717) is 27.6 Å². The van der Waals surface area contributed by atoms with E-state index in [1.807, 2.05) is 37.3 Å². The van der Waals surface area contributed by atoms with Crippen LogP contribution in [0.5, 0.6) is 5.75 Å². The largest absolute Gasteiger partial charge is 0.494 e. The van der Waals surface area contributed by atoms with Gasteiger partial charge in [-0.2, -0.15) is 0 Å². The standard InChI is InChI=1S/C22H18FN3O2S/c1-14-9-10-24-20(11-14)26-21(27)16-5-3-4-6-18(16)25-22(26)29-13-15-7-8-19(28-2)17(23)12-15/h3-12H,13H2,1-2H3. The Kier molecular flexibility index (Phi) is 5.31. The number of nitrogens with zero attached hydrogens (tertiary/aromatic N) is 3. The average Bonchev–Trinajstić information content (AvgIpc) is 2.72. The van der Waals surface area contributed by atoms with E-state index in [9.17, 15) is 9.18 Å². The molecule has 0 amide bonds. The SMILES string of the molecule is COc1ccc(CSc2nc3ccccc3c(=O)n2-c2cc(C)ccn2)cc1F. The first-order valence-corrected chi connectivity index (χ1v) is 9.95. The van der Waals surface area contributed by atoms with Crippen LogP contribution in [0.25, 0.3) is 16.7 Å². The molecule has 0 radical (unpaired) electrons. The zero-order chi connectivity index (χ0) is 20.4. The van der Waals surface area contributed by atoms with Gasteiger partial charge >= 0.3 is 0 Å². The maximum Gasteiger partial charge on any atom is 0.267 e. The number of ether oxygens (including phenoxy) is 1. The highest BCUT2D eigenvalue weighted by Crippen LogP contribution is 2.26. The molecule has 0 fully saturated rings. The van der Waals surface area contributed by atoms with Crippen molar-refractivity contribution in [3.05, 3.63) is 88.1 Å². The second-order valence-corrected chi connectivity index (χ2v) is 7.44. The van der Waals surface area contributed by atoms with Crippen LogP contribution < -0.4 is 10.3 Å². The Morgan fingerprint density at radius 1 is 1.14 bits per heavy atom. The first-order valence-electron chi connectivity index (χ1n) is 8.97. The Balaban J connectivity index is 1.79. The van der Waals surface area contributed by atoms with Crippen LogP contribution in [-0.4, -0.2) is 21.6 Å². The molecule has 2 aromatic carbocycles. The zero-order valence-corrected chi connectivity index (χ0v) is 16.7. The Bertz CT molecular complexity index is 1260. The second kappa shape index (κ2) is 8.05. The van der Waals surface area contributed by atoms with Crippen molar-refractivity contribution in [3.63, 3.8) is 0 Å². The number of halogens is 1. The van der Waals surface area contributed by atoms with Crippen LogP contribution in [-0.2, 0) is 5.75 Å². The predicted molar refractivity (Wildman–Crippen MR) is 112 cm³/mol. The Labute approximate surface area is 171 Å². The van der Waals surface area contributed by atoms with Crippen molar-refractivity contribution in [3.8, 4) is 11.6 Å². The Morgan fingerprint density at radius 2 is 1.97 bits per heavy atom. The minimum atomic E-state index is -0.421. The lowest BCUT2D eigenvalue weighted by Crippen LogP contribution is -2.22. The fraction of sp³-hybridized carbons (Fsp3) is 0.136. The first-order chi connectivity index (χ1) is 14.1. The third-order valence-electron chi connectivity index (χ3n) is 4.46. The van der Waals surface area contributed by atoms with E-state index in [1.54, 1.807) is 24.4 Å². The van der Waals surface area contributed by atoms with Gasteiger partial charge in [0.2, 0.25) is 0 Å². The van der Waals surface area contributed by atoms with Crippen LogP contribution in [0.15, 0.2) is 70.7 Å². The van der Waals surface area contributed by atoms with E-state index in [-0.39, 0.29) is 11.3 Å². The smallest absolute Gasteiger partial charge is 0.267 e. The van der Waals surface area contributed by atoms with Crippen molar-refractivity contribution in [1.29, 1.82) is 0 Å². The molecule has 146 valence electrons. The molecule has 0 saturated heterocycles. The topological polar surface area (TPSA) is 57.0 Å². The molecule has 0 atom stereocenters. The molecule has 0 aliphatic rings. The Hall–Kier alpha value is -3.19. The molecule has 0 bridgehead atoms. The second-order valence-electron chi connectivity index (χ2n) is 6.50. The Morgan fingerprint density at radius 3 is 2.72 bits per heavy atom. The highest BCUT2D eigenvalue weighted by Gasteiger charge is 2.15. The number of aromatic nitrogens is 3. The van der Waals surface area contributed by atoms with Gasteiger partial charge in [-0.15, -0.1) is 0 Å². The zero-order valence-electron chi connectivity index (χ0n) is 15.9. The molecule has 0 saturated carbocycles. The maximum absolute atomic E-state index is 14.0. The monoisotopic (exact) mass is 407 g/mol. The third-order valence-corrected chi connectivity index (χ3v) is 5.47. The number of hydrogen-bond donors (Lipinski definition) is 0. The van der Waals surface area contributed by atoms with E-state index in [2.05, 4.69) is 9.97 Å². The van der Waals surface area contributed by atoms with E-state index < -0.39 is 5.82 Å². The van der Waals surface area contributed by atoms with Crippen LogP contribution in [0.2, 0.25) is 0 Å². The predicted octanol–water partition coefficient (Wildman–Crippen LogP) is 4.53. The summed E-state index contributed by atoms with van der Waals surface area (Å²) in [6.07, 6.45) is 1.67. The number of fused-ring (bicyclic) bond motifs is 1. The first kappa shape index (κ1) is 19.1. The minimum absolute atomic E-state index is 0.183. The van der Waals surface area contributed by atoms with Crippen LogP contribution in [0.4, 0.5) is 4.39 Å². The summed E-state index contributed by atoms with van der Waals surface area (Å²) in [7, 11) is 1.43. The molecule has 2 aromatic heterocycles. The van der Waals surface area contributed by atoms with Crippen molar-refractivity contribution < 1.29 is 9.13 Å². The van der Waals surface area contributed by atoms with E-state index >= 15 is 0 Å². The van der Waals surface area contributed by atoms with Gasteiger partial charge in [0.05, 0.1) is 18.0 Å². The lowest BCUT2D eigenvalue weighted by Gasteiger charge is -2.13. The number of para-hydroxylation sites is 1. The summed E-state index contributed by atoms with van der Waals surface area (Å²) >= 11 is 1.36. The molecule has 0 unspecified atom stereocenters. The van der Waals surface area contributed by atoms with E-state index in [4.69, 9.17) is 4.74 Å². The number of aryl methyl sites for hydroxylation is 1. The van der Waals surface area contributed by atoms with Crippen LogP contribution in [0, 0.1) is 12.7 Å². The van der Waals surface area contributed by atoms with Gasteiger partial charge in [0.1, 0.15) is 5.82 Å². The van der Waals surface area contributed by atoms with Gasteiger partial charge in [0.15, 0.2) is 16.7 Å². The molecular weight excluding hydrogens is 389 g/mol. The normalized spacial score (nSPS) is 11.0. The van der Waals surface area contributed by atoms with Gasteiger partial charge in [-0.25, -0.2) is 18.9 Å². The molecule has 0 spiro atoms. The molecule has 5 nitrogen and oxygen atoms in total. The van der Waals surface area contributed by atoms with Gasteiger partial charge in [-0.3, -0.25) is 4.79 Å². The number of methoxy groups -OCH3 is 1. The van der Waals surface area contributed by atoms with Gasteiger partial charge in [-0.05, 0) is 54.4 Å². The summed E-state index contributed by atoms with van der Waals surface area (Å²) in [4.78, 5) is 22.2. The summed E-state index contributed by atoms with van der Waals surface area (Å²) in [6, 6.07) is 15.7. The minimum Gasteiger partial charge on any atom is -0.494 e. The highest BCUT2D eigenvalue weighted by molar-refractivity contribution is 7.98. The van der Waals surface area contributed by atoms with Gasteiger partial charge in [0.25, 0.3) is 5.56 Å². The molecule has 7 heteroatoms. The summed E-state index contributed by atoms with van der Waals surface area (Å²) in [5.74, 6) is 0.729. The van der Waals surface area contributed by atoms with Gasteiger partial charge < -0.3 is 4.74 Å². The van der Waals surface area contributed by atoms with Crippen LogP contribution >= 0.6 is 11.8 Å². The van der Waals surface area contributed by atoms with Gasteiger partial charge in [0, 0.05) is 11.9 Å². The summed E-state index contributed by atoms with van der Waals surface area (Å²) in [6.45, 7) is 1.94. The summed E-state index contributed by atoms with van der Waals surface area (Å²) in [5, 5.41) is 1.03. The molecule has 4 aromatic rings. The van der Waals surface area contributed by atoms with Crippen molar-refractivity contribution in [2.75, 3.05) is 7.11 Å². The van der Waals surface area contributed by atoms with Crippen LogP contribution in [0.1, 0.15) is 11.1 Å². The summed E-state index contributed by atoms with van der Waals surface area (Å²) < 4.78 is 20.5. The molecule has 0 N–H and O–H groups in total. The van der Waals surface area contributed by atoms with Gasteiger partial charge in [-0.1, -0.05) is 30.0 Å². The number of benzene rings is 2. The molecule has 0 aliphatic heterocycles. The van der Waals surface area contributed by atoms with Crippen LogP contribution in [0.3, 0.4) is 0 Å². The lowest BCUT2D eigenvalue weighted by atomic mass is 10.2. The molecule has 4 rings (SSSR count).